The van der Waals surface area contributed by atoms with Crippen LogP contribution in [0.3, 0.4) is 0 Å². The highest BCUT2D eigenvalue weighted by Crippen LogP contribution is 2.20. The average Bonchev–Trinajstić information content (AvgIpc) is 2.29. The van der Waals surface area contributed by atoms with E-state index in [1.54, 1.807) is 12.1 Å². The maximum atomic E-state index is 10.8. The first-order chi connectivity index (χ1) is 7.69. The van der Waals surface area contributed by atoms with Gasteiger partial charge in [-0.2, -0.15) is 0 Å². The van der Waals surface area contributed by atoms with Crippen molar-refractivity contribution in [2.45, 2.75) is 6.42 Å². The number of rotatable bonds is 5. The first-order valence-electron chi connectivity index (χ1n) is 4.97. The van der Waals surface area contributed by atoms with E-state index in [0.717, 1.165) is 12.0 Å². The summed E-state index contributed by atoms with van der Waals surface area (Å²) in [5.41, 5.74) is 6.42. The Kier molecular flexibility index (Phi) is 4.54. The van der Waals surface area contributed by atoms with Crippen LogP contribution in [0.2, 0.25) is 0 Å². The molecule has 4 nitrogen and oxygen atoms in total. The number of nitrogens with two attached hydrogens (primary N) is 1. The highest BCUT2D eigenvalue weighted by atomic mass is 16.5. The highest BCUT2D eigenvalue weighted by Gasteiger charge is 2.09. The minimum absolute atomic E-state index is 0.165. The molecule has 0 unspecified atom stereocenters. The molecule has 0 saturated heterocycles. The normalized spacial score (nSPS) is 10.6. The predicted octanol–water partition coefficient (Wildman–Crippen LogP) is 1.76. The van der Waals surface area contributed by atoms with Gasteiger partial charge in [0.2, 0.25) is 0 Å². The van der Waals surface area contributed by atoms with E-state index >= 15 is 0 Å². The highest BCUT2D eigenvalue weighted by molar-refractivity contribution is 5.91. The molecule has 0 heterocycles. The van der Waals surface area contributed by atoms with Gasteiger partial charge in [0.1, 0.15) is 11.3 Å². The summed E-state index contributed by atoms with van der Waals surface area (Å²) < 4.78 is 5.01. The molecule has 86 valence electrons. The van der Waals surface area contributed by atoms with Crippen LogP contribution in [-0.4, -0.2) is 24.7 Å². The van der Waals surface area contributed by atoms with Gasteiger partial charge in [0.25, 0.3) is 0 Å². The summed E-state index contributed by atoms with van der Waals surface area (Å²) in [6.07, 6.45) is 4.62. The Bertz CT molecular complexity index is 399. The third kappa shape index (κ3) is 3.10. The summed E-state index contributed by atoms with van der Waals surface area (Å²) in [7, 11) is 1.45. The van der Waals surface area contributed by atoms with Gasteiger partial charge in [-0.25, -0.2) is 4.79 Å². The molecule has 0 spiro atoms. The summed E-state index contributed by atoms with van der Waals surface area (Å²) >= 11 is 0. The third-order valence-corrected chi connectivity index (χ3v) is 2.10. The number of methoxy groups -OCH3 is 1. The summed E-state index contributed by atoms with van der Waals surface area (Å²) in [5, 5.41) is 8.89. The molecule has 0 aliphatic rings. The van der Waals surface area contributed by atoms with Gasteiger partial charge in [0.05, 0.1) is 7.11 Å². The fourth-order valence-corrected chi connectivity index (χ4v) is 1.30. The van der Waals surface area contributed by atoms with Crippen molar-refractivity contribution in [2.24, 2.45) is 5.73 Å². The van der Waals surface area contributed by atoms with Crippen LogP contribution < -0.4 is 10.5 Å². The Morgan fingerprint density at radius 1 is 1.56 bits per heavy atom. The van der Waals surface area contributed by atoms with Crippen molar-refractivity contribution in [2.75, 3.05) is 13.7 Å². The van der Waals surface area contributed by atoms with E-state index in [9.17, 15) is 4.79 Å². The zero-order valence-corrected chi connectivity index (χ0v) is 9.14. The van der Waals surface area contributed by atoms with Crippen molar-refractivity contribution in [3.63, 3.8) is 0 Å². The average molecular weight is 221 g/mol. The maximum Gasteiger partial charge on any atom is 0.339 e. The second-order valence-corrected chi connectivity index (χ2v) is 3.24. The number of aromatic carboxylic acids is 1. The van der Waals surface area contributed by atoms with Crippen LogP contribution in [-0.2, 0) is 0 Å². The zero-order valence-electron chi connectivity index (χ0n) is 9.14. The fraction of sp³-hybridized carbons (Fsp3) is 0.250. The first kappa shape index (κ1) is 12.3. The van der Waals surface area contributed by atoms with Crippen molar-refractivity contribution in [3.8, 4) is 5.75 Å². The van der Waals surface area contributed by atoms with Crippen molar-refractivity contribution >= 4 is 12.0 Å². The Balaban J connectivity index is 2.95. The quantitative estimate of drug-likeness (QED) is 0.794. The van der Waals surface area contributed by atoms with Gasteiger partial charge in [-0.15, -0.1) is 0 Å². The van der Waals surface area contributed by atoms with Gasteiger partial charge in [0.15, 0.2) is 0 Å². The van der Waals surface area contributed by atoms with Crippen LogP contribution in [0.15, 0.2) is 24.3 Å². The van der Waals surface area contributed by atoms with Gasteiger partial charge in [-0.3, -0.25) is 0 Å². The smallest absolute Gasteiger partial charge is 0.339 e. The van der Waals surface area contributed by atoms with Crippen molar-refractivity contribution < 1.29 is 14.6 Å². The minimum Gasteiger partial charge on any atom is -0.496 e. The van der Waals surface area contributed by atoms with Gasteiger partial charge in [0, 0.05) is 0 Å². The van der Waals surface area contributed by atoms with Crippen LogP contribution in [0.5, 0.6) is 5.75 Å². The zero-order chi connectivity index (χ0) is 12.0. The first-order valence-corrected chi connectivity index (χ1v) is 4.97. The Labute approximate surface area is 94.3 Å². The largest absolute Gasteiger partial charge is 0.496 e. The Morgan fingerprint density at radius 2 is 2.31 bits per heavy atom. The number of hydrogen-bond donors (Lipinski definition) is 2. The topological polar surface area (TPSA) is 72.5 Å². The lowest BCUT2D eigenvalue weighted by Gasteiger charge is -2.05. The van der Waals surface area contributed by atoms with E-state index in [0.29, 0.717) is 12.3 Å². The lowest BCUT2D eigenvalue weighted by molar-refractivity contribution is 0.0693. The Hall–Kier alpha value is -1.81. The monoisotopic (exact) mass is 221 g/mol. The SMILES string of the molecule is COc1cc(C=CCCN)ccc1C(=O)O. The number of benzene rings is 1. The summed E-state index contributed by atoms with van der Waals surface area (Å²) in [5.74, 6) is -0.628. The number of ether oxygens (including phenoxy) is 1. The molecule has 1 aromatic carbocycles. The minimum atomic E-state index is -0.991. The summed E-state index contributed by atoms with van der Waals surface area (Å²) in [6, 6.07) is 4.96. The van der Waals surface area contributed by atoms with Crippen LogP contribution in [0.4, 0.5) is 0 Å². The molecule has 4 heteroatoms. The molecule has 0 amide bonds. The molecule has 0 atom stereocenters. The van der Waals surface area contributed by atoms with Crippen molar-refractivity contribution in [1.29, 1.82) is 0 Å². The molecule has 0 bridgehead atoms. The second-order valence-electron chi connectivity index (χ2n) is 3.24. The molecule has 0 fully saturated rings. The second kappa shape index (κ2) is 5.92. The predicted molar refractivity (Wildman–Crippen MR) is 62.7 cm³/mol. The Morgan fingerprint density at radius 3 is 2.88 bits per heavy atom. The molecular formula is C12H15NO3. The molecule has 1 aromatic rings. The van der Waals surface area contributed by atoms with E-state index < -0.39 is 5.97 Å². The van der Waals surface area contributed by atoms with Crippen molar-refractivity contribution in [1.82, 2.24) is 0 Å². The molecule has 1 rings (SSSR count). The molecule has 3 N–H and O–H groups in total. The lowest BCUT2D eigenvalue weighted by atomic mass is 10.1. The summed E-state index contributed by atoms with van der Waals surface area (Å²) in [4.78, 5) is 10.8. The third-order valence-electron chi connectivity index (χ3n) is 2.10. The summed E-state index contributed by atoms with van der Waals surface area (Å²) in [6.45, 7) is 0.598. The van der Waals surface area contributed by atoms with E-state index in [1.807, 2.05) is 12.2 Å². The van der Waals surface area contributed by atoms with Gasteiger partial charge < -0.3 is 15.6 Å². The van der Waals surface area contributed by atoms with E-state index in [1.165, 1.54) is 13.2 Å². The van der Waals surface area contributed by atoms with E-state index in [4.69, 9.17) is 15.6 Å². The van der Waals surface area contributed by atoms with Crippen LogP contribution in [0.1, 0.15) is 22.3 Å². The molecule has 16 heavy (non-hydrogen) atoms. The molecule has 0 radical (unpaired) electrons. The van der Waals surface area contributed by atoms with Crippen molar-refractivity contribution in [3.05, 3.63) is 35.4 Å². The number of carboxylic acid groups (broad SMARTS) is 1. The number of hydrogen-bond acceptors (Lipinski definition) is 3. The number of carbonyl (C=O) groups is 1. The van der Waals surface area contributed by atoms with Gasteiger partial charge >= 0.3 is 5.97 Å². The molecule has 0 saturated carbocycles. The standard InChI is InChI=1S/C12H15NO3/c1-16-11-8-9(4-2-3-7-13)5-6-10(11)12(14)15/h2,4-6,8H,3,7,13H2,1H3,(H,14,15). The lowest BCUT2D eigenvalue weighted by Crippen LogP contribution is -2.00. The van der Waals surface area contributed by atoms with E-state index in [-0.39, 0.29) is 5.56 Å². The van der Waals surface area contributed by atoms with Gasteiger partial charge in [-0.05, 0) is 30.7 Å². The molecule has 0 aliphatic carbocycles. The molecule has 0 aliphatic heterocycles. The molecule has 0 aromatic heterocycles. The van der Waals surface area contributed by atoms with Crippen LogP contribution >= 0.6 is 0 Å². The van der Waals surface area contributed by atoms with Crippen LogP contribution in [0, 0.1) is 0 Å². The van der Waals surface area contributed by atoms with Crippen LogP contribution in [0.25, 0.3) is 6.08 Å². The molecular weight excluding hydrogens is 206 g/mol. The van der Waals surface area contributed by atoms with Gasteiger partial charge in [-0.1, -0.05) is 18.2 Å². The fourth-order valence-electron chi connectivity index (χ4n) is 1.30. The maximum absolute atomic E-state index is 10.8. The number of carboxylic acids is 1. The van der Waals surface area contributed by atoms with E-state index in [2.05, 4.69) is 0 Å².